The highest BCUT2D eigenvalue weighted by Crippen LogP contribution is 2.19. The number of rotatable bonds is 7. The van der Waals surface area contributed by atoms with Gasteiger partial charge >= 0.3 is 0 Å². The molecule has 0 fully saturated rings. The number of nitrogens with zero attached hydrogens (tertiary/aromatic N) is 2. The molecule has 2 aromatic rings. The van der Waals surface area contributed by atoms with Gasteiger partial charge in [0.15, 0.2) is 0 Å². The summed E-state index contributed by atoms with van der Waals surface area (Å²) in [7, 11) is 3.39. The molecular weight excluding hydrogens is 290 g/mol. The summed E-state index contributed by atoms with van der Waals surface area (Å²) < 4.78 is 5.14. The maximum Gasteiger partial charge on any atom is 0.246 e. The third-order valence-electron chi connectivity index (χ3n) is 3.68. The predicted octanol–water partition coefficient (Wildman–Crippen LogP) is 2.12. The van der Waals surface area contributed by atoms with Crippen LogP contribution in [-0.4, -0.2) is 39.7 Å². The van der Waals surface area contributed by atoms with Gasteiger partial charge in [-0.05, 0) is 36.4 Å². The van der Waals surface area contributed by atoms with Gasteiger partial charge in [-0.1, -0.05) is 18.2 Å². The van der Waals surface area contributed by atoms with E-state index in [1.807, 2.05) is 59.5 Å². The van der Waals surface area contributed by atoms with E-state index in [0.717, 1.165) is 17.1 Å². The van der Waals surface area contributed by atoms with Gasteiger partial charge in [0.05, 0.1) is 13.7 Å². The van der Waals surface area contributed by atoms with Crippen molar-refractivity contribution in [1.82, 2.24) is 0 Å². The maximum absolute atomic E-state index is 12.6. The first-order valence-corrected chi connectivity index (χ1v) is 7.56. The molecule has 0 aliphatic rings. The van der Waals surface area contributed by atoms with Crippen molar-refractivity contribution in [3.8, 4) is 5.75 Å². The van der Waals surface area contributed by atoms with Gasteiger partial charge in [0.1, 0.15) is 5.75 Å². The Kier molecular flexibility index (Phi) is 6.00. The third-order valence-corrected chi connectivity index (χ3v) is 3.68. The van der Waals surface area contributed by atoms with E-state index < -0.39 is 0 Å². The number of ether oxygens (including phenoxy) is 1. The van der Waals surface area contributed by atoms with Crippen molar-refractivity contribution >= 4 is 17.3 Å². The number of methoxy groups -OCH3 is 1. The van der Waals surface area contributed by atoms with E-state index in [-0.39, 0.29) is 12.5 Å². The molecular formula is C18H23N3O2. The number of amides is 1. The third kappa shape index (κ3) is 4.47. The van der Waals surface area contributed by atoms with Crippen LogP contribution in [0, 0.1) is 0 Å². The molecule has 0 spiro atoms. The Morgan fingerprint density at radius 3 is 2.26 bits per heavy atom. The standard InChI is InChI=1S/C18H23N3O2/c1-20(15-8-10-17(23-2)11-9-15)18(22)14-21(13-12-19)16-6-4-3-5-7-16/h3-11H,12-14,19H2,1-2H3. The van der Waals surface area contributed by atoms with E-state index >= 15 is 0 Å². The van der Waals surface area contributed by atoms with Crippen LogP contribution in [0.15, 0.2) is 54.6 Å². The van der Waals surface area contributed by atoms with Gasteiger partial charge in [-0.15, -0.1) is 0 Å². The Hall–Kier alpha value is -2.53. The fourth-order valence-corrected chi connectivity index (χ4v) is 2.31. The second kappa shape index (κ2) is 8.19. The van der Waals surface area contributed by atoms with Crippen LogP contribution < -0.4 is 20.3 Å². The number of hydrogen-bond donors (Lipinski definition) is 1. The molecule has 122 valence electrons. The summed E-state index contributed by atoms with van der Waals surface area (Å²) >= 11 is 0. The minimum atomic E-state index is 0.00692. The number of anilines is 2. The van der Waals surface area contributed by atoms with Crippen molar-refractivity contribution < 1.29 is 9.53 Å². The minimum Gasteiger partial charge on any atom is -0.497 e. The van der Waals surface area contributed by atoms with E-state index in [0.29, 0.717) is 13.1 Å². The molecule has 0 atom stereocenters. The number of carbonyl (C=O) groups excluding carboxylic acids is 1. The molecule has 2 N–H and O–H groups in total. The number of nitrogens with two attached hydrogens (primary N) is 1. The molecule has 2 aromatic carbocycles. The Morgan fingerprint density at radius 2 is 1.70 bits per heavy atom. The van der Waals surface area contributed by atoms with E-state index in [1.54, 1.807) is 19.1 Å². The van der Waals surface area contributed by atoms with Gasteiger partial charge in [-0.3, -0.25) is 4.79 Å². The lowest BCUT2D eigenvalue weighted by atomic mass is 10.2. The first-order valence-electron chi connectivity index (χ1n) is 7.56. The second-order valence-corrected chi connectivity index (χ2v) is 5.20. The molecule has 0 bridgehead atoms. The highest BCUT2D eigenvalue weighted by molar-refractivity contribution is 5.96. The summed E-state index contributed by atoms with van der Waals surface area (Å²) in [5.74, 6) is 0.774. The van der Waals surface area contributed by atoms with Crippen molar-refractivity contribution in [3.05, 3.63) is 54.6 Å². The first-order chi connectivity index (χ1) is 11.2. The van der Waals surface area contributed by atoms with E-state index in [9.17, 15) is 4.79 Å². The quantitative estimate of drug-likeness (QED) is 0.850. The Morgan fingerprint density at radius 1 is 1.04 bits per heavy atom. The first kappa shape index (κ1) is 16.8. The lowest BCUT2D eigenvalue weighted by Gasteiger charge is -2.26. The smallest absolute Gasteiger partial charge is 0.246 e. The zero-order chi connectivity index (χ0) is 16.7. The normalized spacial score (nSPS) is 10.2. The van der Waals surface area contributed by atoms with Crippen LogP contribution in [0.5, 0.6) is 5.75 Å². The number of carbonyl (C=O) groups is 1. The SMILES string of the molecule is COc1ccc(N(C)C(=O)CN(CCN)c2ccccc2)cc1. The van der Waals surface area contributed by atoms with Gasteiger partial charge in [-0.25, -0.2) is 0 Å². The molecule has 0 saturated carbocycles. The molecule has 0 radical (unpaired) electrons. The summed E-state index contributed by atoms with van der Waals surface area (Å²) in [6.07, 6.45) is 0. The summed E-state index contributed by atoms with van der Waals surface area (Å²) in [6.45, 7) is 1.41. The number of hydrogen-bond acceptors (Lipinski definition) is 4. The Balaban J connectivity index is 2.08. The van der Waals surface area contributed by atoms with Crippen molar-refractivity contribution in [3.63, 3.8) is 0 Å². The predicted molar refractivity (Wildman–Crippen MR) is 94.1 cm³/mol. The largest absolute Gasteiger partial charge is 0.497 e. The molecule has 0 aliphatic heterocycles. The van der Waals surface area contributed by atoms with E-state index in [2.05, 4.69) is 0 Å². The minimum absolute atomic E-state index is 0.00692. The monoisotopic (exact) mass is 313 g/mol. The number of benzene rings is 2. The van der Waals surface area contributed by atoms with Gasteiger partial charge < -0.3 is 20.3 Å². The van der Waals surface area contributed by atoms with Crippen LogP contribution in [0.2, 0.25) is 0 Å². The van der Waals surface area contributed by atoms with Gasteiger partial charge in [0.25, 0.3) is 0 Å². The van der Waals surface area contributed by atoms with Crippen LogP contribution in [0.1, 0.15) is 0 Å². The van der Waals surface area contributed by atoms with Crippen LogP contribution in [-0.2, 0) is 4.79 Å². The highest BCUT2D eigenvalue weighted by atomic mass is 16.5. The van der Waals surface area contributed by atoms with Crippen LogP contribution in [0.4, 0.5) is 11.4 Å². The molecule has 0 aromatic heterocycles. The molecule has 5 nitrogen and oxygen atoms in total. The van der Waals surface area contributed by atoms with Crippen molar-refractivity contribution in [2.75, 3.05) is 43.6 Å². The molecule has 0 aliphatic carbocycles. The summed E-state index contributed by atoms with van der Waals surface area (Å²) in [6, 6.07) is 17.2. The topological polar surface area (TPSA) is 58.8 Å². The number of likely N-dealkylation sites (N-methyl/N-ethyl adjacent to an activating group) is 1. The Labute approximate surface area is 137 Å². The fourth-order valence-electron chi connectivity index (χ4n) is 2.31. The fraction of sp³-hybridized carbons (Fsp3) is 0.278. The highest BCUT2D eigenvalue weighted by Gasteiger charge is 2.16. The van der Waals surface area contributed by atoms with Crippen molar-refractivity contribution in [2.24, 2.45) is 5.73 Å². The van der Waals surface area contributed by atoms with Crippen LogP contribution in [0.25, 0.3) is 0 Å². The summed E-state index contributed by atoms with van der Waals surface area (Å²) in [5, 5.41) is 0. The van der Waals surface area contributed by atoms with Gasteiger partial charge in [0.2, 0.25) is 5.91 Å². The average molecular weight is 313 g/mol. The molecule has 23 heavy (non-hydrogen) atoms. The van der Waals surface area contributed by atoms with Crippen LogP contribution in [0.3, 0.4) is 0 Å². The summed E-state index contributed by atoms with van der Waals surface area (Å²) in [4.78, 5) is 16.2. The molecule has 0 unspecified atom stereocenters. The number of para-hydroxylation sites is 1. The average Bonchev–Trinajstić information content (AvgIpc) is 2.61. The lowest BCUT2D eigenvalue weighted by molar-refractivity contribution is -0.117. The van der Waals surface area contributed by atoms with E-state index in [1.165, 1.54) is 0 Å². The zero-order valence-electron chi connectivity index (χ0n) is 13.6. The summed E-state index contributed by atoms with van der Waals surface area (Å²) in [5.41, 5.74) is 7.51. The van der Waals surface area contributed by atoms with Gasteiger partial charge in [-0.2, -0.15) is 0 Å². The molecule has 5 heteroatoms. The molecule has 0 saturated heterocycles. The second-order valence-electron chi connectivity index (χ2n) is 5.20. The van der Waals surface area contributed by atoms with Crippen molar-refractivity contribution in [2.45, 2.75) is 0 Å². The maximum atomic E-state index is 12.6. The zero-order valence-corrected chi connectivity index (χ0v) is 13.6. The van der Waals surface area contributed by atoms with Crippen LogP contribution >= 0.6 is 0 Å². The lowest BCUT2D eigenvalue weighted by Crippen LogP contribution is -2.40. The van der Waals surface area contributed by atoms with E-state index in [4.69, 9.17) is 10.5 Å². The molecule has 0 heterocycles. The van der Waals surface area contributed by atoms with Crippen molar-refractivity contribution in [1.29, 1.82) is 0 Å². The Bertz CT molecular complexity index is 614. The molecule has 1 amide bonds. The molecule has 2 rings (SSSR count). The van der Waals surface area contributed by atoms with Gasteiger partial charge in [0, 0.05) is 31.5 Å².